The van der Waals surface area contributed by atoms with Crippen LogP contribution < -0.4 is 10.6 Å². The van der Waals surface area contributed by atoms with Crippen molar-refractivity contribution in [1.29, 1.82) is 0 Å². The molecular weight excluding hydrogens is 296 g/mol. The summed E-state index contributed by atoms with van der Waals surface area (Å²) in [5, 5.41) is 7.47. The Morgan fingerprint density at radius 3 is 2.91 bits per heavy atom. The summed E-state index contributed by atoms with van der Waals surface area (Å²) in [6, 6.07) is 0. The minimum absolute atomic E-state index is 0.0228. The molecular formula is C16H22N4OS. The SMILES string of the molecule is CC(C)C(=O)NCCNc1ncnc2sc3c(c12)CCCC3. The molecule has 118 valence electrons. The minimum Gasteiger partial charge on any atom is -0.368 e. The Balaban J connectivity index is 1.71. The van der Waals surface area contributed by atoms with Crippen LogP contribution in [0.1, 0.15) is 37.1 Å². The van der Waals surface area contributed by atoms with Gasteiger partial charge in [0.15, 0.2) is 0 Å². The lowest BCUT2D eigenvalue weighted by Crippen LogP contribution is -2.32. The molecule has 0 fully saturated rings. The van der Waals surface area contributed by atoms with E-state index in [1.54, 1.807) is 17.7 Å². The summed E-state index contributed by atoms with van der Waals surface area (Å²) in [4.78, 5) is 22.9. The first kappa shape index (κ1) is 15.2. The Hall–Kier alpha value is -1.69. The van der Waals surface area contributed by atoms with Crippen LogP contribution >= 0.6 is 11.3 Å². The maximum Gasteiger partial charge on any atom is 0.222 e. The minimum atomic E-state index is 0.0228. The number of aryl methyl sites for hydroxylation is 2. The van der Waals surface area contributed by atoms with Crippen LogP contribution in [0.4, 0.5) is 5.82 Å². The number of nitrogens with zero attached hydrogens (tertiary/aromatic N) is 2. The second-order valence-corrected chi connectivity index (χ2v) is 7.07. The summed E-state index contributed by atoms with van der Waals surface area (Å²) in [6.07, 6.45) is 6.44. The number of carbonyl (C=O) groups excluding carboxylic acids is 1. The summed E-state index contributed by atoms with van der Waals surface area (Å²) in [7, 11) is 0. The van der Waals surface area contributed by atoms with Crippen LogP contribution in [0.25, 0.3) is 10.2 Å². The summed E-state index contributed by atoms with van der Waals surface area (Å²) in [5.41, 5.74) is 1.43. The highest BCUT2D eigenvalue weighted by Crippen LogP contribution is 2.37. The van der Waals surface area contributed by atoms with Gasteiger partial charge in [-0.2, -0.15) is 0 Å². The quantitative estimate of drug-likeness (QED) is 0.832. The van der Waals surface area contributed by atoms with Crippen molar-refractivity contribution < 1.29 is 4.79 Å². The van der Waals surface area contributed by atoms with E-state index in [2.05, 4.69) is 20.6 Å². The highest BCUT2D eigenvalue weighted by Gasteiger charge is 2.19. The van der Waals surface area contributed by atoms with E-state index in [-0.39, 0.29) is 11.8 Å². The normalized spacial score (nSPS) is 14.1. The monoisotopic (exact) mass is 318 g/mol. The van der Waals surface area contributed by atoms with Crippen LogP contribution in [0.15, 0.2) is 6.33 Å². The molecule has 1 aliphatic rings. The predicted octanol–water partition coefficient (Wildman–Crippen LogP) is 2.75. The Morgan fingerprint density at radius 2 is 2.09 bits per heavy atom. The molecule has 0 unspecified atom stereocenters. The molecule has 3 rings (SSSR count). The number of hydrogen-bond acceptors (Lipinski definition) is 5. The van der Waals surface area contributed by atoms with Crippen molar-refractivity contribution in [2.45, 2.75) is 39.5 Å². The van der Waals surface area contributed by atoms with Gasteiger partial charge in [-0.3, -0.25) is 4.79 Å². The van der Waals surface area contributed by atoms with E-state index in [0.29, 0.717) is 13.1 Å². The third-order valence-electron chi connectivity index (χ3n) is 3.99. The number of anilines is 1. The van der Waals surface area contributed by atoms with Gasteiger partial charge >= 0.3 is 0 Å². The standard InChI is InChI=1S/C16H22N4OS/c1-10(2)15(21)18-8-7-17-14-13-11-5-3-4-6-12(11)22-16(13)20-9-19-14/h9-10H,3-8H2,1-2H3,(H,18,21)(H,17,19,20). The van der Waals surface area contributed by atoms with Gasteiger partial charge in [0, 0.05) is 23.9 Å². The molecule has 0 saturated carbocycles. The van der Waals surface area contributed by atoms with Crippen LogP contribution in [0, 0.1) is 5.92 Å². The zero-order valence-electron chi connectivity index (χ0n) is 13.1. The van der Waals surface area contributed by atoms with Gasteiger partial charge < -0.3 is 10.6 Å². The Labute approximate surface area is 134 Å². The number of rotatable bonds is 5. The number of fused-ring (bicyclic) bond motifs is 3. The number of thiophene rings is 1. The molecule has 6 heteroatoms. The van der Waals surface area contributed by atoms with E-state index in [1.165, 1.54) is 35.1 Å². The van der Waals surface area contributed by atoms with E-state index >= 15 is 0 Å². The molecule has 0 aromatic carbocycles. The fourth-order valence-electron chi connectivity index (χ4n) is 2.79. The average Bonchev–Trinajstić information content (AvgIpc) is 2.90. The smallest absolute Gasteiger partial charge is 0.222 e. The van der Waals surface area contributed by atoms with Gasteiger partial charge in [0.05, 0.1) is 5.39 Å². The van der Waals surface area contributed by atoms with Crippen LogP contribution in [-0.2, 0) is 17.6 Å². The number of carbonyl (C=O) groups is 1. The molecule has 0 radical (unpaired) electrons. The van der Waals surface area contributed by atoms with Crippen molar-refractivity contribution in [3.63, 3.8) is 0 Å². The average molecular weight is 318 g/mol. The summed E-state index contributed by atoms with van der Waals surface area (Å²) in [5.74, 6) is 1.01. The van der Waals surface area contributed by atoms with Crippen LogP contribution in [0.3, 0.4) is 0 Å². The molecule has 2 heterocycles. The molecule has 0 atom stereocenters. The van der Waals surface area contributed by atoms with Crippen LogP contribution in [0.2, 0.25) is 0 Å². The molecule has 2 aromatic heterocycles. The van der Waals surface area contributed by atoms with Crippen LogP contribution in [0.5, 0.6) is 0 Å². The van der Waals surface area contributed by atoms with Gasteiger partial charge in [-0.05, 0) is 31.2 Å². The zero-order valence-corrected chi connectivity index (χ0v) is 13.9. The predicted molar refractivity (Wildman–Crippen MR) is 90.4 cm³/mol. The largest absolute Gasteiger partial charge is 0.368 e. The van der Waals surface area contributed by atoms with Gasteiger partial charge in [0.25, 0.3) is 0 Å². The highest BCUT2D eigenvalue weighted by atomic mass is 32.1. The second kappa shape index (κ2) is 6.60. The van der Waals surface area contributed by atoms with Crippen molar-refractivity contribution in [2.75, 3.05) is 18.4 Å². The summed E-state index contributed by atoms with van der Waals surface area (Å²) < 4.78 is 0. The number of hydrogen-bond donors (Lipinski definition) is 2. The molecule has 22 heavy (non-hydrogen) atoms. The molecule has 0 spiro atoms. The fraction of sp³-hybridized carbons (Fsp3) is 0.562. The van der Waals surface area contributed by atoms with Crippen molar-refractivity contribution in [3.8, 4) is 0 Å². The fourth-order valence-corrected chi connectivity index (χ4v) is 4.02. The zero-order chi connectivity index (χ0) is 15.5. The van der Waals surface area contributed by atoms with Crippen molar-refractivity contribution in [3.05, 3.63) is 16.8 Å². The summed E-state index contributed by atoms with van der Waals surface area (Å²) in [6.45, 7) is 5.08. The Morgan fingerprint density at radius 1 is 1.27 bits per heavy atom. The second-order valence-electron chi connectivity index (χ2n) is 5.99. The Kier molecular flexibility index (Phi) is 4.57. The molecule has 0 aliphatic heterocycles. The first-order valence-electron chi connectivity index (χ1n) is 7.93. The molecule has 0 bridgehead atoms. The lowest BCUT2D eigenvalue weighted by molar-refractivity contribution is -0.123. The van der Waals surface area contributed by atoms with Gasteiger partial charge in [0.2, 0.25) is 5.91 Å². The Bertz CT molecular complexity index is 680. The molecule has 2 aromatic rings. The van der Waals surface area contributed by atoms with Gasteiger partial charge in [-0.15, -0.1) is 11.3 Å². The van der Waals surface area contributed by atoms with Gasteiger partial charge in [-0.1, -0.05) is 13.8 Å². The number of nitrogens with one attached hydrogen (secondary N) is 2. The van der Waals surface area contributed by atoms with Crippen molar-refractivity contribution >= 4 is 33.3 Å². The topological polar surface area (TPSA) is 66.9 Å². The van der Waals surface area contributed by atoms with Crippen molar-refractivity contribution in [1.82, 2.24) is 15.3 Å². The number of aromatic nitrogens is 2. The third-order valence-corrected chi connectivity index (χ3v) is 5.19. The van der Waals surface area contributed by atoms with E-state index in [1.807, 2.05) is 13.8 Å². The first-order valence-corrected chi connectivity index (χ1v) is 8.75. The van der Waals surface area contributed by atoms with E-state index in [9.17, 15) is 4.79 Å². The lowest BCUT2D eigenvalue weighted by Gasteiger charge is -2.13. The third kappa shape index (κ3) is 3.06. The van der Waals surface area contributed by atoms with Gasteiger partial charge in [-0.25, -0.2) is 9.97 Å². The lowest BCUT2D eigenvalue weighted by atomic mass is 9.97. The van der Waals surface area contributed by atoms with Crippen molar-refractivity contribution in [2.24, 2.45) is 5.92 Å². The van der Waals surface area contributed by atoms with Gasteiger partial charge in [0.1, 0.15) is 17.0 Å². The maximum absolute atomic E-state index is 11.6. The summed E-state index contributed by atoms with van der Waals surface area (Å²) >= 11 is 1.80. The molecule has 0 saturated heterocycles. The number of amides is 1. The van der Waals surface area contributed by atoms with E-state index in [4.69, 9.17) is 0 Å². The molecule has 2 N–H and O–H groups in total. The highest BCUT2D eigenvalue weighted by molar-refractivity contribution is 7.19. The first-order chi connectivity index (χ1) is 10.7. The molecule has 1 amide bonds. The molecule has 5 nitrogen and oxygen atoms in total. The van der Waals surface area contributed by atoms with E-state index in [0.717, 1.165) is 17.1 Å². The van der Waals surface area contributed by atoms with Crippen LogP contribution in [-0.4, -0.2) is 29.0 Å². The maximum atomic E-state index is 11.6. The van der Waals surface area contributed by atoms with E-state index < -0.39 is 0 Å². The molecule has 1 aliphatic carbocycles.